The van der Waals surface area contributed by atoms with Gasteiger partial charge in [0.25, 0.3) is 5.56 Å². The van der Waals surface area contributed by atoms with Crippen molar-refractivity contribution in [1.82, 2.24) is 14.7 Å². The zero-order chi connectivity index (χ0) is 15.4. The van der Waals surface area contributed by atoms with Gasteiger partial charge in [0.15, 0.2) is 0 Å². The lowest BCUT2D eigenvalue weighted by Crippen LogP contribution is -2.40. The first-order valence-corrected chi connectivity index (χ1v) is 7.56. The lowest BCUT2D eigenvalue weighted by Gasteiger charge is -2.33. The molecule has 1 saturated heterocycles. The van der Waals surface area contributed by atoms with Crippen LogP contribution in [0.1, 0.15) is 26.2 Å². The number of hydrogen-bond donors (Lipinski definition) is 0. The van der Waals surface area contributed by atoms with Crippen LogP contribution in [0, 0.1) is 5.92 Å². The molecule has 0 saturated carbocycles. The van der Waals surface area contributed by atoms with E-state index in [-0.39, 0.29) is 17.4 Å². The number of carbonyl (C=O) groups is 1. The van der Waals surface area contributed by atoms with Gasteiger partial charge in [0.05, 0.1) is 11.9 Å². The second-order valence-electron chi connectivity index (χ2n) is 5.77. The van der Waals surface area contributed by atoms with Gasteiger partial charge in [-0.3, -0.25) is 9.59 Å². The molecule has 0 aliphatic carbocycles. The Balaban J connectivity index is 2.01. The fourth-order valence-electron chi connectivity index (χ4n) is 2.73. The summed E-state index contributed by atoms with van der Waals surface area (Å²) in [5.74, 6) is 0.302. The molecule has 1 amide bonds. The van der Waals surface area contributed by atoms with Crippen molar-refractivity contribution in [2.75, 3.05) is 32.1 Å². The number of hydrogen-bond acceptors (Lipinski definition) is 4. The third kappa shape index (κ3) is 3.62. The van der Waals surface area contributed by atoms with Crippen LogP contribution >= 0.6 is 0 Å². The highest BCUT2D eigenvalue weighted by Crippen LogP contribution is 2.22. The summed E-state index contributed by atoms with van der Waals surface area (Å²) in [6.07, 6.45) is 4.31. The normalized spacial score (nSPS) is 16.0. The first-order valence-electron chi connectivity index (χ1n) is 7.56. The summed E-state index contributed by atoms with van der Waals surface area (Å²) in [6, 6.07) is 1.65. The molecule has 116 valence electrons. The van der Waals surface area contributed by atoms with E-state index in [1.54, 1.807) is 31.3 Å². The molecule has 6 nitrogen and oxygen atoms in total. The standard InChI is InChI=1S/C15H24N4O2/c1-4-7-19-14(20)10-13(11-16-19)18-8-5-12(6-9-18)15(21)17(2)3/h10-12H,4-9H2,1-3H3. The van der Waals surface area contributed by atoms with Gasteiger partial charge < -0.3 is 9.80 Å². The smallest absolute Gasteiger partial charge is 0.268 e. The molecule has 0 radical (unpaired) electrons. The average molecular weight is 292 g/mol. The summed E-state index contributed by atoms with van der Waals surface area (Å²) in [7, 11) is 3.60. The second kappa shape index (κ2) is 6.74. The fraction of sp³-hybridized carbons (Fsp3) is 0.667. The number of anilines is 1. The maximum atomic E-state index is 12.0. The molecule has 1 fully saturated rings. The molecule has 2 rings (SSSR count). The zero-order valence-electron chi connectivity index (χ0n) is 13.1. The van der Waals surface area contributed by atoms with Crippen molar-refractivity contribution >= 4 is 11.6 Å². The van der Waals surface area contributed by atoms with E-state index in [0.717, 1.165) is 38.0 Å². The van der Waals surface area contributed by atoms with Gasteiger partial charge in [0.1, 0.15) is 0 Å². The molecule has 1 aliphatic heterocycles. The quantitative estimate of drug-likeness (QED) is 0.829. The third-order valence-corrected chi connectivity index (χ3v) is 3.94. The van der Waals surface area contributed by atoms with E-state index in [2.05, 4.69) is 10.00 Å². The number of aromatic nitrogens is 2. The minimum absolute atomic E-state index is 0.0548. The van der Waals surface area contributed by atoms with E-state index in [0.29, 0.717) is 6.54 Å². The third-order valence-electron chi connectivity index (χ3n) is 3.94. The van der Waals surface area contributed by atoms with Gasteiger partial charge >= 0.3 is 0 Å². The van der Waals surface area contributed by atoms with E-state index >= 15 is 0 Å². The molecule has 21 heavy (non-hydrogen) atoms. The molecular weight excluding hydrogens is 268 g/mol. The van der Waals surface area contributed by atoms with Crippen molar-refractivity contribution in [1.29, 1.82) is 0 Å². The lowest BCUT2D eigenvalue weighted by molar-refractivity contribution is -0.133. The van der Waals surface area contributed by atoms with Crippen molar-refractivity contribution in [3.05, 3.63) is 22.6 Å². The predicted molar refractivity (Wildman–Crippen MR) is 82.4 cm³/mol. The molecule has 2 heterocycles. The number of carbonyl (C=O) groups excluding carboxylic acids is 1. The van der Waals surface area contributed by atoms with Gasteiger partial charge in [0.2, 0.25) is 5.91 Å². The Morgan fingerprint density at radius 3 is 2.57 bits per heavy atom. The van der Waals surface area contributed by atoms with Gasteiger partial charge in [-0.2, -0.15) is 5.10 Å². The summed E-state index contributed by atoms with van der Waals surface area (Å²) in [4.78, 5) is 27.7. The van der Waals surface area contributed by atoms with Gasteiger partial charge in [-0.1, -0.05) is 6.92 Å². The lowest BCUT2D eigenvalue weighted by atomic mass is 9.95. The van der Waals surface area contributed by atoms with E-state index in [1.165, 1.54) is 4.68 Å². The summed E-state index contributed by atoms with van der Waals surface area (Å²) in [6.45, 7) is 4.26. The van der Waals surface area contributed by atoms with Crippen LogP contribution < -0.4 is 10.5 Å². The van der Waals surface area contributed by atoms with Crippen LogP contribution in [0.5, 0.6) is 0 Å². The number of amides is 1. The van der Waals surface area contributed by atoms with Crippen molar-refractivity contribution in [3.8, 4) is 0 Å². The molecule has 1 aromatic heterocycles. The Morgan fingerprint density at radius 1 is 1.38 bits per heavy atom. The molecule has 6 heteroatoms. The number of nitrogens with zero attached hydrogens (tertiary/aromatic N) is 4. The molecule has 0 N–H and O–H groups in total. The van der Waals surface area contributed by atoms with Crippen LogP contribution in [0.3, 0.4) is 0 Å². The van der Waals surface area contributed by atoms with Crippen LogP contribution in [0.25, 0.3) is 0 Å². The van der Waals surface area contributed by atoms with Crippen LogP contribution in [-0.4, -0.2) is 47.8 Å². The van der Waals surface area contributed by atoms with Gasteiger partial charge in [0, 0.05) is 45.7 Å². The van der Waals surface area contributed by atoms with Crippen LogP contribution in [0.4, 0.5) is 5.69 Å². The van der Waals surface area contributed by atoms with E-state index in [4.69, 9.17) is 0 Å². The monoisotopic (exact) mass is 292 g/mol. The molecule has 1 aromatic rings. The molecule has 1 aliphatic rings. The SMILES string of the molecule is CCCn1ncc(N2CCC(C(=O)N(C)C)CC2)cc1=O. The Bertz CT molecular complexity index is 545. The van der Waals surface area contributed by atoms with Gasteiger partial charge in [-0.15, -0.1) is 0 Å². The average Bonchev–Trinajstić information content (AvgIpc) is 2.49. The van der Waals surface area contributed by atoms with E-state index < -0.39 is 0 Å². The largest absolute Gasteiger partial charge is 0.370 e. The van der Waals surface area contributed by atoms with E-state index in [1.807, 2.05) is 6.92 Å². The van der Waals surface area contributed by atoms with Crippen molar-refractivity contribution in [2.24, 2.45) is 5.92 Å². The Morgan fingerprint density at radius 2 is 2.05 bits per heavy atom. The maximum Gasteiger partial charge on any atom is 0.268 e. The predicted octanol–water partition coefficient (Wildman–Crippen LogP) is 0.958. The number of piperidine rings is 1. The molecular formula is C15H24N4O2. The van der Waals surface area contributed by atoms with Crippen molar-refractivity contribution in [3.63, 3.8) is 0 Å². The Kier molecular flexibility index (Phi) is 4.98. The maximum absolute atomic E-state index is 12.0. The Labute approximate surface area is 125 Å². The van der Waals surface area contributed by atoms with Crippen LogP contribution in [-0.2, 0) is 11.3 Å². The Hall–Kier alpha value is -1.85. The summed E-state index contributed by atoms with van der Waals surface area (Å²) in [5, 5.41) is 4.21. The zero-order valence-corrected chi connectivity index (χ0v) is 13.1. The minimum atomic E-state index is -0.0548. The summed E-state index contributed by atoms with van der Waals surface area (Å²) in [5.41, 5.74) is 0.809. The molecule has 0 spiro atoms. The molecule has 0 bridgehead atoms. The van der Waals surface area contributed by atoms with Gasteiger partial charge in [-0.05, 0) is 19.3 Å². The first kappa shape index (κ1) is 15.5. The second-order valence-corrected chi connectivity index (χ2v) is 5.77. The van der Waals surface area contributed by atoms with Crippen LogP contribution in [0.15, 0.2) is 17.1 Å². The number of rotatable bonds is 4. The van der Waals surface area contributed by atoms with Crippen LogP contribution in [0.2, 0.25) is 0 Å². The highest BCUT2D eigenvalue weighted by molar-refractivity contribution is 5.78. The fourth-order valence-corrected chi connectivity index (χ4v) is 2.73. The minimum Gasteiger partial charge on any atom is -0.370 e. The topological polar surface area (TPSA) is 58.4 Å². The molecule has 0 unspecified atom stereocenters. The van der Waals surface area contributed by atoms with Crippen molar-refractivity contribution < 1.29 is 4.79 Å². The van der Waals surface area contributed by atoms with Gasteiger partial charge in [-0.25, -0.2) is 4.68 Å². The summed E-state index contributed by atoms with van der Waals surface area (Å²) < 4.78 is 1.49. The highest BCUT2D eigenvalue weighted by Gasteiger charge is 2.26. The highest BCUT2D eigenvalue weighted by atomic mass is 16.2. The first-order chi connectivity index (χ1) is 10.0. The molecule has 0 aromatic carbocycles. The van der Waals surface area contributed by atoms with E-state index in [9.17, 15) is 9.59 Å². The number of aryl methyl sites for hydroxylation is 1. The van der Waals surface area contributed by atoms with Crippen molar-refractivity contribution in [2.45, 2.75) is 32.7 Å². The molecule has 0 atom stereocenters. The summed E-state index contributed by atoms with van der Waals surface area (Å²) >= 11 is 0.